The number of benzene rings is 1. The third-order valence-electron chi connectivity index (χ3n) is 2.67. The molecule has 2 heterocycles. The maximum absolute atomic E-state index is 13.4. The summed E-state index contributed by atoms with van der Waals surface area (Å²) in [5, 5.41) is 0.508. The van der Waals surface area contributed by atoms with Crippen molar-refractivity contribution in [3.05, 3.63) is 58.0 Å². The van der Waals surface area contributed by atoms with Gasteiger partial charge in [0, 0.05) is 6.20 Å². The molecule has 0 spiro atoms. The van der Waals surface area contributed by atoms with Crippen LogP contribution >= 0.6 is 11.6 Å². The zero-order chi connectivity index (χ0) is 12.7. The largest absolute Gasteiger partial charge is 0.313 e. The van der Waals surface area contributed by atoms with E-state index >= 15 is 0 Å². The molecule has 1 N–H and O–H groups in total. The van der Waals surface area contributed by atoms with Crippen LogP contribution in [0.2, 0.25) is 5.02 Å². The number of nitrogens with zero attached hydrogens (tertiary/aromatic N) is 2. The van der Waals surface area contributed by atoms with Gasteiger partial charge < -0.3 is 9.55 Å². The SMILES string of the molecule is O=c1[nH]cnc2c1ccn2-c1ccc(Cl)c(F)c1. The second kappa shape index (κ2) is 3.96. The van der Waals surface area contributed by atoms with E-state index in [1.165, 1.54) is 18.5 Å². The van der Waals surface area contributed by atoms with E-state index in [1.54, 1.807) is 22.9 Å². The van der Waals surface area contributed by atoms with E-state index in [0.29, 0.717) is 16.7 Å². The Morgan fingerprint density at radius 2 is 2.17 bits per heavy atom. The van der Waals surface area contributed by atoms with Crippen LogP contribution in [0.3, 0.4) is 0 Å². The minimum Gasteiger partial charge on any atom is -0.313 e. The fourth-order valence-electron chi connectivity index (χ4n) is 1.81. The van der Waals surface area contributed by atoms with Gasteiger partial charge in [-0.05, 0) is 24.3 Å². The van der Waals surface area contributed by atoms with Crippen molar-refractivity contribution >= 4 is 22.6 Å². The first-order valence-electron chi connectivity index (χ1n) is 5.17. The summed E-state index contributed by atoms with van der Waals surface area (Å²) in [7, 11) is 0. The van der Waals surface area contributed by atoms with Crippen molar-refractivity contribution in [1.29, 1.82) is 0 Å². The minimum absolute atomic E-state index is 0.0565. The molecule has 6 heteroatoms. The summed E-state index contributed by atoms with van der Waals surface area (Å²) >= 11 is 5.63. The summed E-state index contributed by atoms with van der Waals surface area (Å²) in [6.45, 7) is 0. The molecule has 2 aromatic heterocycles. The number of halogens is 2. The molecule has 3 rings (SSSR count). The Kier molecular flexibility index (Phi) is 2.41. The molecule has 18 heavy (non-hydrogen) atoms. The summed E-state index contributed by atoms with van der Waals surface area (Å²) in [6.07, 6.45) is 2.98. The van der Waals surface area contributed by atoms with E-state index in [9.17, 15) is 9.18 Å². The first kappa shape index (κ1) is 11.0. The molecule has 0 amide bonds. The highest BCUT2D eigenvalue weighted by atomic mass is 35.5. The second-order valence-electron chi connectivity index (χ2n) is 3.75. The van der Waals surface area contributed by atoms with Gasteiger partial charge in [0.05, 0.1) is 22.4 Å². The van der Waals surface area contributed by atoms with Crippen LogP contribution in [0.5, 0.6) is 0 Å². The van der Waals surface area contributed by atoms with Gasteiger partial charge in [-0.25, -0.2) is 9.37 Å². The number of rotatable bonds is 1. The molecule has 0 atom stereocenters. The van der Waals surface area contributed by atoms with E-state index < -0.39 is 5.82 Å². The standard InChI is InChI=1S/C12H7ClFN3O/c13-9-2-1-7(5-10(9)14)17-4-3-8-11(17)15-6-16-12(8)18/h1-6H,(H,15,16,18). The van der Waals surface area contributed by atoms with Gasteiger partial charge in [-0.1, -0.05) is 11.6 Å². The molecule has 3 aromatic rings. The fraction of sp³-hybridized carbons (Fsp3) is 0. The molecule has 0 aliphatic carbocycles. The molecule has 0 saturated carbocycles. The Morgan fingerprint density at radius 3 is 2.94 bits per heavy atom. The smallest absolute Gasteiger partial charge is 0.260 e. The lowest BCUT2D eigenvalue weighted by atomic mass is 10.3. The lowest BCUT2D eigenvalue weighted by Gasteiger charge is -2.05. The summed E-state index contributed by atoms with van der Waals surface area (Å²) in [5.74, 6) is -0.513. The maximum Gasteiger partial charge on any atom is 0.260 e. The van der Waals surface area contributed by atoms with Crippen LogP contribution in [0.15, 0.2) is 41.6 Å². The van der Waals surface area contributed by atoms with Crippen LogP contribution in [0.1, 0.15) is 0 Å². The van der Waals surface area contributed by atoms with Gasteiger partial charge in [0.25, 0.3) is 5.56 Å². The van der Waals surface area contributed by atoms with Crippen molar-refractivity contribution in [3.8, 4) is 5.69 Å². The van der Waals surface area contributed by atoms with E-state index in [2.05, 4.69) is 9.97 Å². The van der Waals surface area contributed by atoms with Crippen molar-refractivity contribution in [3.63, 3.8) is 0 Å². The summed E-state index contributed by atoms with van der Waals surface area (Å²) in [6, 6.07) is 6.05. The molecular weight excluding hydrogens is 257 g/mol. The van der Waals surface area contributed by atoms with Crippen molar-refractivity contribution in [2.45, 2.75) is 0 Å². The highest BCUT2D eigenvalue weighted by Crippen LogP contribution is 2.21. The average molecular weight is 264 g/mol. The Morgan fingerprint density at radius 1 is 1.33 bits per heavy atom. The van der Waals surface area contributed by atoms with Crippen LogP contribution in [-0.2, 0) is 0 Å². The highest BCUT2D eigenvalue weighted by Gasteiger charge is 2.08. The molecule has 0 aliphatic heterocycles. The van der Waals surface area contributed by atoms with Crippen LogP contribution in [0.4, 0.5) is 4.39 Å². The first-order valence-corrected chi connectivity index (χ1v) is 5.55. The monoisotopic (exact) mass is 263 g/mol. The minimum atomic E-state index is -0.513. The second-order valence-corrected chi connectivity index (χ2v) is 4.16. The highest BCUT2D eigenvalue weighted by molar-refractivity contribution is 6.30. The third-order valence-corrected chi connectivity index (χ3v) is 2.97. The molecule has 0 aliphatic rings. The van der Waals surface area contributed by atoms with E-state index in [0.717, 1.165) is 0 Å². The molecule has 0 radical (unpaired) electrons. The molecule has 1 aromatic carbocycles. The third kappa shape index (κ3) is 1.60. The van der Waals surface area contributed by atoms with Crippen LogP contribution in [0.25, 0.3) is 16.7 Å². The van der Waals surface area contributed by atoms with E-state index in [-0.39, 0.29) is 10.6 Å². The van der Waals surface area contributed by atoms with Gasteiger partial charge in [-0.2, -0.15) is 0 Å². The van der Waals surface area contributed by atoms with Crippen molar-refractivity contribution in [2.75, 3.05) is 0 Å². The number of nitrogens with one attached hydrogen (secondary N) is 1. The zero-order valence-corrected chi connectivity index (χ0v) is 9.78. The van der Waals surface area contributed by atoms with Crippen LogP contribution < -0.4 is 5.56 Å². The number of aromatic nitrogens is 3. The molecular formula is C12H7ClFN3O. The lowest BCUT2D eigenvalue weighted by molar-refractivity contribution is 0.627. The number of hydrogen-bond acceptors (Lipinski definition) is 2. The molecule has 0 saturated heterocycles. The van der Waals surface area contributed by atoms with Gasteiger partial charge in [-0.15, -0.1) is 0 Å². The number of aromatic amines is 1. The summed E-state index contributed by atoms with van der Waals surface area (Å²) in [4.78, 5) is 18.1. The van der Waals surface area contributed by atoms with E-state index in [1.807, 2.05) is 0 Å². The Labute approximate surface area is 106 Å². The van der Waals surface area contributed by atoms with E-state index in [4.69, 9.17) is 11.6 Å². The van der Waals surface area contributed by atoms with Crippen molar-refractivity contribution in [1.82, 2.24) is 14.5 Å². The van der Waals surface area contributed by atoms with Gasteiger partial charge in [0.1, 0.15) is 5.82 Å². The fourth-order valence-corrected chi connectivity index (χ4v) is 1.92. The predicted octanol–water partition coefficient (Wildman–Crippen LogP) is 2.51. The molecule has 0 fully saturated rings. The molecule has 4 nitrogen and oxygen atoms in total. The topological polar surface area (TPSA) is 50.7 Å². The molecule has 0 unspecified atom stereocenters. The number of hydrogen-bond donors (Lipinski definition) is 1. The Balaban J connectivity index is 2.29. The lowest BCUT2D eigenvalue weighted by Crippen LogP contribution is -2.06. The van der Waals surface area contributed by atoms with Crippen LogP contribution in [-0.4, -0.2) is 14.5 Å². The average Bonchev–Trinajstić information content (AvgIpc) is 2.78. The van der Waals surface area contributed by atoms with Gasteiger partial charge in [0.2, 0.25) is 0 Å². The molecule has 0 bridgehead atoms. The maximum atomic E-state index is 13.4. The predicted molar refractivity (Wildman–Crippen MR) is 66.7 cm³/mol. The van der Waals surface area contributed by atoms with Gasteiger partial charge in [-0.3, -0.25) is 4.79 Å². The molecule has 90 valence electrons. The van der Waals surface area contributed by atoms with Crippen molar-refractivity contribution in [2.24, 2.45) is 0 Å². The zero-order valence-electron chi connectivity index (χ0n) is 9.02. The van der Waals surface area contributed by atoms with Gasteiger partial charge in [0.15, 0.2) is 5.65 Å². The number of fused-ring (bicyclic) bond motifs is 1. The number of H-pyrrole nitrogens is 1. The van der Waals surface area contributed by atoms with Crippen molar-refractivity contribution < 1.29 is 4.39 Å². The quantitative estimate of drug-likeness (QED) is 0.733. The normalized spacial score (nSPS) is 11.0. The Hall–Kier alpha value is -2.14. The Bertz CT molecular complexity index is 793. The summed E-state index contributed by atoms with van der Waals surface area (Å²) < 4.78 is 15.0. The first-order chi connectivity index (χ1) is 8.66. The van der Waals surface area contributed by atoms with Gasteiger partial charge >= 0.3 is 0 Å². The summed E-state index contributed by atoms with van der Waals surface area (Å²) in [5.41, 5.74) is 0.804. The van der Waals surface area contributed by atoms with Crippen LogP contribution in [0, 0.1) is 5.82 Å².